The smallest absolute Gasteiger partial charge is 0.0468 e. The van der Waals surface area contributed by atoms with Crippen LogP contribution in [0.2, 0.25) is 0 Å². The van der Waals surface area contributed by atoms with Gasteiger partial charge in [0.25, 0.3) is 0 Å². The lowest BCUT2D eigenvalue weighted by atomic mass is 9.79. The van der Waals surface area contributed by atoms with Gasteiger partial charge in [-0.25, -0.2) is 0 Å². The summed E-state index contributed by atoms with van der Waals surface area (Å²) in [5, 5.41) is 9.93. The minimum absolute atomic E-state index is 0.188. The molecule has 0 aromatic heterocycles. The van der Waals surface area contributed by atoms with Crippen molar-refractivity contribution in [1.82, 2.24) is 0 Å². The monoisotopic (exact) mass is 1230 g/mol. The number of rotatable bonds is 10. The molecule has 0 amide bonds. The first-order valence-corrected chi connectivity index (χ1v) is 34.2. The van der Waals surface area contributed by atoms with Gasteiger partial charge in [0.05, 0.1) is 0 Å². The van der Waals surface area contributed by atoms with Gasteiger partial charge in [-0.15, -0.1) is 0 Å². The summed E-state index contributed by atoms with van der Waals surface area (Å²) in [6.07, 6.45) is 0. The summed E-state index contributed by atoms with van der Waals surface area (Å²) in [6, 6.07) is 113. The van der Waals surface area contributed by atoms with E-state index in [1.165, 1.54) is 149 Å². The summed E-state index contributed by atoms with van der Waals surface area (Å²) in [4.78, 5) is 4.96. The van der Waals surface area contributed by atoms with Crippen molar-refractivity contribution in [2.45, 2.75) is 77.6 Å². The fourth-order valence-corrected chi connectivity index (χ4v) is 17.2. The molecule has 0 aliphatic heterocycles. The van der Waals surface area contributed by atoms with Crippen molar-refractivity contribution < 1.29 is 0 Å². The number of hydrogen-bond donors (Lipinski definition) is 0. The van der Waals surface area contributed by atoms with Crippen LogP contribution >= 0.6 is 0 Å². The minimum Gasteiger partial charge on any atom is -0.310 e. The van der Waals surface area contributed by atoms with E-state index in [1.807, 2.05) is 0 Å². The average Bonchev–Trinajstić information content (AvgIpc) is 1.33. The van der Waals surface area contributed by atoms with Crippen molar-refractivity contribution in [2.24, 2.45) is 0 Å². The lowest BCUT2D eigenvalue weighted by molar-refractivity contribution is 0.660. The molecule has 0 heterocycles. The summed E-state index contributed by atoms with van der Waals surface area (Å²) >= 11 is 0. The molecule has 15 aromatic rings. The molecule has 460 valence electrons. The predicted molar refractivity (Wildman–Crippen MR) is 409 cm³/mol. The summed E-state index contributed by atoms with van der Waals surface area (Å²) < 4.78 is 0. The van der Waals surface area contributed by atoms with Crippen LogP contribution in [-0.4, -0.2) is 0 Å². The van der Waals surface area contributed by atoms with Gasteiger partial charge in [-0.3, -0.25) is 0 Å². The standard InChI is InChI=1S/C94H74N2/c1-58(2)59-31-39-68(40-32-59)96(71-43-48-75-74-29-19-20-30-82(74)92(3,4)87(75)57-71)70-45-50-77-81(56-70)89(65-36-47-79-86(54-65)94(7,8)84-52-38-63-24-16-18-28-73(63)91(79)84)76-49-44-69(95(66-25-13-10-14-26-66)67-41-33-61(34-42-67)60-21-11-9-12-22-60)55-80(76)88(77)64-35-46-78-85(53-64)93(5,6)83-51-37-62-23-15-17-27-72(62)90(78)83/h9-58H,1-8H3. The second-order valence-electron chi connectivity index (χ2n) is 29.0. The molecule has 0 unspecified atom stereocenters. The Hall–Kier alpha value is -11.1. The van der Waals surface area contributed by atoms with Crippen molar-refractivity contribution in [3.63, 3.8) is 0 Å². The highest BCUT2D eigenvalue weighted by Crippen LogP contribution is 2.58. The third-order valence-electron chi connectivity index (χ3n) is 22.2. The SMILES string of the molecule is CC(C)c1ccc(N(c2ccc3c(c2)C(C)(C)c2ccccc2-3)c2ccc3c(-c4ccc5c(c4)C(C)(C)c4ccc6ccccc6c4-5)c4cc(N(c5ccccc5)c5ccc(-c6ccccc6)cc5)ccc4c(-c4ccc5c(c4)C(C)(C)c4ccc6ccccc6c4-5)c3c2)cc1. The highest BCUT2D eigenvalue weighted by atomic mass is 15.1. The van der Waals surface area contributed by atoms with Crippen molar-refractivity contribution in [2.75, 3.05) is 9.80 Å². The van der Waals surface area contributed by atoms with Crippen molar-refractivity contribution in [3.05, 3.63) is 336 Å². The Balaban J connectivity index is 0.935. The van der Waals surface area contributed by atoms with Crippen LogP contribution in [0, 0.1) is 0 Å². The minimum atomic E-state index is -0.263. The summed E-state index contributed by atoms with van der Waals surface area (Å²) in [5.74, 6) is 0.393. The van der Waals surface area contributed by atoms with Crippen LogP contribution < -0.4 is 9.80 Å². The molecule has 15 aromatic carbocycles. The largest absolute Gasteiger partial charge is 0.310 e. The third kappa shape index (κ3) is 8.70. The molecule has 2 heteroatoms. The van der Waals surface area contributed by atoms with Gasteiger partial charge in [0.1, 0.15) is 0 Å². The molecule has 0 fully saturated rings. The molecule has 0 N–H and O–H groups in total. The number of anilines is 6. The van der Waals surface area contributed by atoms with Crippen molar-refractivity contribution in [3.8, 4) is 66.8 Å². The quantitative estimate of drug-likeness (QED) is 0.126. The lowest BCUT2D eigenvalue weighted by Gasteiger charge is -2.30. The fraction of sp³-hybridized carbons (Fsp3) is 0.128. The molecular formula is C94H74N2. The van der Waals surface area contributed by atoms with Gasteiger partial charge in [-0.2, -0.15) is 0 Å². The van der Waals surface area contributed by atoms with E-state index in [0.29, 0.717) is 5.92 Å². The molecule has 18 rings (SSSR count). The number of benzene rings is 15. The molecule has 0 radical (unpaired) electrons. The Morgan fingerprint density at radius 1 is 0.229 bits per heavy atom. The van der Waals surface area contributed by atoms with E-state index in [9.17, 15) is 0 Å². The number of hydrogen-bond acceptors (Lipinski definition) is 2. The molecule has 0 atom stereocenters. The topological polar surface area (TPSA) is 6.48 Å². The summed E-state index contributed by atoms with van der Waals surface area (Å²) in [6.45, 7) is 19.1. The molecule has 0 bridgehead atoms. The van der Waals surface area contributed by atoms with E-state index in [-0.39, 0.29) is 16.2 Å². The van der Waals surface area contributed by atoms with Gasteiger partial charge in [-0.05, 0) is 240 Å². The van der Waals surface area contributed by atoms with Crippen molar-refractivity contribution >= 4 is 77.2 Å². The molecule has 96 heavy (non-hydrogen) atoms. The lowest BCUT2D eigenvalue weighted by Crippen LogP contribution is -2.16. The molecule has 0 spiro atoms. The number of fused-ring (bicyclic) bond motifs is 15. The average molecular weight is 1230 g/mol. The second kappa shape index (κ2) is 21.5. The number of para-hydroxylation sites is 1. The van der Waals surface area contributed by atoms with E-state index in [4.69, 9.17) is 0 Å². The van der Waals surface area contributed by atoms with E-state index in [2.05, 4.69) is 362 Å². The van der Waals surface area contributed by atoms with E-state index in [1.54, 1.807) is 0 Å². The van der Waals surface area contributed by atoms with E-state index < -0.39 is 0 Å². The molecule has 2 nitrogen and oxygen atoms in total. The van der Waals surface area contributed by atoms with Crippen LogP contribution in [0.1, 0.15) is 100 Å². The van der Waals surface area contributed by atoms with Crippen LogP contribution in [0.25, 0.3) is 110 Å². The molecule has 0 saturated heterocycles. The maximum atomic E-state index is 2.56. The Bertz CT molecular complexity index is 5690. The first-order valence-electron chi connectivity index (χ1n) is 34.2. The van der Waals surface area contributed by atoms with Gasteiger partial charge in [0.2, 0.25) is 0 Å². The zero-order valence-electron chi connectivity index (χ0n) is 55.8. The predicted octanol–water partition coefficient (Wildman–Crippen LogP) is 26.3. The Morgan fingerprint density at radius 3 is 1.17 bits per heavy atom. The molecule has 3 aliphatic carbocycles. The molecule has 0 saturated carbocycles. The first-order chi connectivity index (χ1) is 46.7. The van der Waals surface area contributed by atoms with Crippen LogP contribution in [0.4, 0.5) is 34.1 Å². The van der Waals surface area contributed by atoms with Crippen molar-refractivity contribution in [1.29, 1.82) is 0 Å². The van der Waals surface area contributed by atoms with Gasteiger partial charge in [0, 0.05) is 50.4 Å². The van der Waals surface area contributed by atoms with Gasteiger partial charge in [0.15, 0.2) is 0 Å². The summed E-state index contributed by atoms with van der Waals surface area (Å²) in [7, 11) is 0. The van der Waals surface area contributed by atoms with Gasteiger partial charge >= 0.3 is 0 Å². The zero-order valence-corrected chi connectivity index (χ0v) is 55.8. The Morgan fingerprint density at radius 2 is 0.615 bits per heavy atom. The van der Waals surface area contributed by atoms with E-state index >= 15 is 0 Å². The van der Waals surface area contributed by atoms with E-state index in [0.717, 1.165) is 34.1 Å². The highest BCUT2D eigenvalue weighted by molar-refractivity contribution is 6.23. The normalized spacial score (nSPS) is 14.2. The highest BCUT2D eigenvalue weighted by Gasteiger charge is 2.40. The second-order valence-corrected chi connectivity index (χ2v) is 29.0. The van der Waals surface area contributed by atoms with Crippen LogP contribution in [0.3, 0.4) is 0 Å². The van der Waals surface area contributed by atoms with Crippen LogP contribution in [0.5, 0.6) is 0 Å². The van der Waals surface area contributed by atoms with Crippen LogP contribution in [-0.2, 0) is 16.2 Å². The fourth-order valence-electron chi connectivity index (χ4n) is 17.2. The summed E-state index contributed by atoms with van der Waals surface area (Å²) in [5.41, 5.74) is 30.5. The zero-order chi connectivity index (χ0) is 64.9. The third-order valence-corrected chi connectivity index (χ3v) is 22.2. The maximum Gasteiger partial charge on any atom is 0.0468 e. The maximum absolute atomic E-state index is 2.56. The Labute approximate surface area is 564 Å². The van der Waals surface area contributed by atoms with Gasteiger partial charge < -0.3 is 9.80 Å². The van der Waals surface area contributed by atoms with Crippen LogP contribution in [0.15, 0.2) is 297 Å². The molecule has 3 aliphatic rings. The number of nitrogens with zero attached hydrogens (tertiary/aromatic N) is 2. The molecular weight excluding hydrogens is 1160 g/mol. The van der Waals surface area contributed by atoms with Gasteiger partial charge in [-0.1, -0.05) is 268 Å². The first kappa shape index (κ1) is 57.6. The Kier molecular flexibility index (Phi) is 12.9.